The predicted molar refractivity (Wildman–Crippen MR) is 92.9 cm³/mol. The number of piperazine rings is 1. The maximum Gasteiger partial charge on any atom is 0.317 e. The lowest BCUT2D eigenvalue weighted by Gasteiger charge is -2.37. The van der Waals surface area contributed by atoms with E-state index < -0.39 is 0 Å². The number of carbonyl (C=O) groups is 1. The van der Waals surface area contributed by atoms with E-state index in [0.29, 0.717) is 12.1 Å². The van der Waals surface area contributed by atoms with Crippen LogP contribution in [0.1, 0.15) is 37.8 Å². The highest BCUT2D eigenvalue weighted by Crippen LogP contribution is 2.23. The second kappa shape index (κ2) is 8.13. The lowest BCUT2D eigenvalue weighted by molar-refractivity contribution is 0.100. The van der Waals surface area contributed by atoms with Gasteiger partial charge in [0, 0.05) is 45.4 Å². The molecule has 128 valence electrons. The first-order chi connectivity index (χ1) is 11.2. The third-order valence-electron chi connectivity index (χ3n) is 4.94. The molecule has 0 bridgehead atoms. The number of amides is 2. The maximum atomic E-state index is 12.2. The van der Waals surface area contributed by atoms with Gasteiger partial charge in [0.2, 0.25) is 0 Å². The minimum Gasteiger partial charge on any atom is -0.378 e. The van der Waals surface area contributed by atoms with Crippen molar-refractivity contribution in [2.45, 2.75) is 38.3 Å². The molecule has 23 heavy (non-hydrogen) atoms. The molecule has 0 unspecified atom stereocenters. The number of carbonyl (C=O) groups excluding carboxylic acids is 1. The number of rotatable bonds is 5. The zero-order chi connectivity index (χ0) is 16.1. The van der Waals surface area contributed by atoms with E-state index in [0.717, 1.165) is 58.6 Å². The zero-order valence-corrected chi connectivity index (χ0v) is 14.7. The quantitative estimate of drug-likeness (QED) is 0.898. The second-order valence-corrected chi connectivity index (χ2v) is 7.19. The summed E-state index contributed by atoms with van der Waals surface area (Å²) in [6, 6.07) is 2.70. The van der Waals surface area contributed by atoms with Gasteiger partial charge in [0.1, 0.15) is 0 Å². The van der Waals surface area contributed by atoms with Crippen LogP contribution in [0.2, 0.25) is 0 Å². The topological polar surface area (TPSA) is 44.8 Å². The van der Waals surface area contributed by atoms with Gasteiger partial charge in [0.15, 0.2) is 0 Å². The van der Waals surface area contributed by atoms with Crippen LogP contribution < -0.4 is 5.32 Å². The Kier molecular flexibility index (Phi) is 5.91. The van der Waals surface area contributed by atoms with Crippen LogP contribution in [0.15, 0.2) is 16.8 Å². The Hall–Kier alpha value is -1.11. The van der Waals surface area contributed by atoms with Crippen molar-refractivity contribution in [3.63, 3.8) is 0 Å². The van der Waals surface area contributed by atoms with Gasteiger partial charge in [-0.05, 0) is 48.6 Å². The van der Waals surface area contributed by atoms with Crippen LogP contribution in [-0.4, -0.2) is 61.3 Å². The van der Waals surface area contributed by atoms with Gasteiger partial charge < -0.3 is 15.0 Å². The molecule has 3 rings (SSSR count). The molecule has 2 aliphatic rings. The highest BCUT2D eigenvalue weighted by Gasteiger charge is 2.25. The first kappa shape index (κ1) is 16.7. The molecule has 2 amide bonds. The third-order valence-corrected chi connectivity index (χ3v) is 5.64. The molecule has 5 nitrogen and oxygen atoms in total. The molecule has 6 heteroatoms. The van der Waals surface area contributed by atoms with E-state index in [2.05, 4.69) is 34.0 Å². The first-order valence-electron chi connectivity index (χ1n) is 8.64. The standard InChI is InChI=1S/C17H27N3O2S/c1-14(15-5-12-23-13-15)19-7-9-20(10-8-19)17(21)18-6-4-16-3-2-11-22-16/h5,12-14,16H,2-4,6-11H2,1H3,(H,18,21)/t14-,16+/m0/s1. The molecule has 0 spiro atoms. The monoisotopic (exact) mass is 337 g/mol. The number of ether oxygens (including phenoxy) is 1. The summed E-state index contributed by atoms with van der Waals surface area (Å²) in [6.07, 6.45) is 3.57. The van der Waals surface area contributed by atoms with Crippen molar-refractivity contribution in [3.8, 4) is 0 Å². The van der Waals surface area contributed by atoms with E-state index in [1.54, 1.807) is 11.3 Å². The minimum absolute atomic E-state index is 0.0748. The van der Waals surface area contributed by atoms with Gasteiger partial charge in [-0.1, -0.05) is 0 Å². The number of nitrogens with one attached hydrogen (secondary N) is 1. The van der Waals surface area contributed by atoms with Gasteiger partial charge >= 0.3 is 6.03 Å². The fourth-order valence-electron chi connectivity index (χ4n) is 3.36. The summed E-state index contributed by atoms with van der Waals surface area (Å²) in [6.45, 7) is 7.34. The molecule has 2 aliphatic heterocycles. The summed E-state index contributed by atoms with van der Waals surface area (Å²) in [5.74, 6) is 0. The van der Waals surface area contributed by atoms with Crippen LogP contribution in [0.4, 0.5) is 4.79 Å². The number of thiophene rings is 1. The Morgan fingerprint density at radius 2 is 2.26 bits per heavy atom. The largest absolute Gasteiger partial charge is 0.378 e. The SMILES string of the molecule is C[C@@H](c1ccsc1)N1CCN(C(=O)NCC[C@H]2CCCO2)CC1. The smallest absolute Gasteiger partial charge is 0.317 e. The van der Waals surface area contributed by atoms with Gasteiger partial charge in [-0.15, -0.1) is 0 Å². The molecule has 2 saturated heterocycles. The van der Waals surface area contributed by atoms with E-state index in [9.17, 15) is 4.79 Å². The summed E-state index contributed by atoms with van der Waals surface area (Å²) in [5.41, 5.74) is 1.38. The molecule has 1 N–H and O–H groups in total. The zero-order valence-electron chi connectivity index (χ0n) is 13.9. The Balaban J connectivity index is 1.37. The third kappa shape index (κ3) is 4.46. The van der Waals surface area contributed by atoms with E-state index >= 15 is 0 Å². The molecule has 1 aromatic heterocycles. The molecule has 0 aromatic carbocycles. The molecule has 0 saturated carbocycles. The van der Waals surface area contributed by atoms with Crippen LogP contribution in [0.25, 0.3) is 0 Å². The Labute approximate surface area is 142 Å². The number of nitrogens with zero attached hydrogens (tertiary/aromatic N) is 2. The molecule has 0 aliphatic carbocycles. The average Bonchev–Trinajstić information content (AvgIpc) is 3.28. The molecular formula is C17H27N3O2S. The van der Waals surface area contributed by atoms with E-state index in [1.165, 1.54) is 5.56 Å². The van der Waals surface area contributed by atoms with Gasteiger partial charge in [0.05, 0.1) is 6.10 Å². The van der Waals surface area contributed by atoms with E-state index in [4.69, 9.17) is 4.74 Å². The average molecular weight is 337 g/mol. The summed E-state index contributed by atoms with van der Waals surface area (Å²) in [4.78, 5) is 16.6. The second-order valence-electron chi connectivity index (χ2n) is 6.41. The molecule has 0 radical (unpaired) electrons. The highest BCUT2D eigenvalue weighted by atomic mass is 32.1. The number of hydrogen-bond donors (Lipinski definition) is 1. The maximum absolute atomic E-state index is 12.2. The van der Waals surface area contributed by atoms with E-state index in [-0.39, 0.29) is 6.03 Å². The predicted octanol–water partition coefficient (Wildman–Crippen LogP) is 2.71. The number of hydrogen-bond acceptors (Lipinski definition) is 4. The van der Waals surface area contributed by atoms with Crippen molar-refractivity contribution < 1.29 is 9.53 Å². The molecule has 1 aromatic rings. The number of urea groups is 1. The van der Waals surface area contributed by atoms with Crippen LogP contribution in [0.3, 0.4) is 0 Å². The summed E-state index contributed by atoms with van der Waals surface area (Å²) in [7, 11) is 0. The Bertz CT molecular complexity index is 480. The van der Waals surface area contributed by atoms with Crippen LogP contribution in [-0.2, 0) is 4.74 Å². The van der Waals surface area contributed by atoms with Crippen molar-refractivity contribution in [1.82, 2.24) is 15.1 Å². The van der Waals surface area contributed by atoms with Gasteiger partial charge in [0.25, 0.3) is 0 Å². The van der Waals surface area contributed by atoms with Gasteiger partial charge in [-0.2, -0.15) is 11.3 Å². The molecular weight excluding hydrogens is 310 g/mol. The fraction of sp³-hybridized carbons (Fsp3) is 0.706. The van der Waals surface area contributed by atoms with E-state index in [1.807, 2.05) is 4.90 Å². The van der Waals surface area contributed by atoms with Crippen molar-refractivity contribution in [2.75, 3.05) is 39.3 Å². The van der Waals surface area contributed by atoms with Crippen LogP contribution in [0, 0.1) is 0 Å². The first-order valence-corrected chi connectivity index (χ1v) is 9.59. The van der Waals surface area contributed by atoms with Crippen molar-refractivity contribution in [3.05, 3.63) is 22.4 Å². The van der Waals surface area contributed by atoms with Gasteiger partial charge in [-0.3, -0.25) is 4.90 Å². The van der Waals surface area contributed by atoms with Crippen molar-refractivity contribution >= 4 is 17.4 Å². The fourth-order valence-corrected chi connectivity index (χ4v) is 4.11. The molecule has 2 atom stereocenters. The summed E-state index contributed by atoms with van der Waals surface area (Å²) >= 11 is 1.75. The lowest BCUT2D eigenvalue weighted by Crippen LogP contribution is -2.52. The van der Waals surface area contributed by atoms with Crippen LogP contribution in [0.5, 0.6) is 0 Å². The summed E-state index contributed by atoms with van der Waals surface area (Å²) in [5, 5.41) is 7.39. The summed E-state index contributed by atoms with van der Waals surface area (Å²) < 4.78 is 5.59. The van der Waals surface area contributed by atoms with Gasteiger partial charge in [-0.25, -0.2) is 4.79 Å². The Morgan fingerprint density at radius 1 is 1.43 bits per heavy atom. The highest BCUT2D eigenvalue weighted by molar-refractivity contribution is 7.07. The normalized spacial score (nSPS) is 23.9. The molecule has 3 heterocycles. The minimum atomic E-state index is 0.0748. The Morgan fingerprint density at radius 3 is 2.91 bits per heavy atom. The molecule has 2 fully saturated rings. The lowest BCUT2D eigenvalue weighted by atomic mass is 10.1. The van der Waals surface area contributed by atoms with Crippen molar-refractivity contribution in [1.29, 1.82) is 0 Å². The van der Waals surface area contributed by atoms with Crippen LogP contribution >= 0.6 is 11.3 Å². The van der Waals surface area contributed by atoms with Crippen molar-refractivity contribution in [2.24, 2.45) is 0 Å².